The van der Waals surface area contributed by atoms with E-state index in [1.807, 2.05) is 38.1 Å². The van der Waals surface area contributed by atoms with Gasteiger partial charge in [-0.2, -0.15) is 4.31 Å². The second-order valence-electron chi connectivity index (χ2n) is 5.38. The van der Waals surface area contributed by atoms with Crippen molar-refractivity contribution in [2.45, 2.75) is 25.3 Å². The molecule has 0 spiro atoms. The van der Waals surface area contributed by atoms with Crippen LogP contribution in [0.3, 0.4) is 0 Å². The Morgan fingerprint density at radius 2 is 1.68 bits per heavy atom. The number of ether oxygens (including phenoxy) is 1. The van der Waals surface area contributed by atoms with Crippen molar-refractivity contribution >= 4 is 10.0 Å². The second kappa shape index (κ2) is 6.50. The minimum absolute atomic E-state index is 0.278. The molecule has 0 saturated carbocycles. The molecule has 0 aromatic heterocycles. The molecule has 0 fully saturated rings. The highest BCUT2D eigenvalue weighted by Gasteiger charge is 2.21. The lowest BCUT2D eigenvalue weighted by molar-refractivity contribution is 0.411. The summed E-state index contributed by atoms with van der Waals surface area (Å²) in [7, 11) is -0.356. The zero-order chi connectivity index (χ0) is 16.3. The molecule has 2 aromatic rings. The van der Waals surface area contributed by atoms with Gasteiger partial charge in [-0.1, -0.05) is 29.8 Å². The Bertz CT molecular complexity index is 752. The quantitative estimate of drug-likeness (QED) is 0.850. The number of rotatable bonds is 5. The van der Waals surface area contributed by atoms with Crippen molar-refractivity contribution in [2.75, 3.05) is 14.2 Å². The van der Waals surface area contributed by atoms with E-state index in [2.05, 4.69) is 0 Å². The van der Waals surface area contributed by atoms with E-state index in [0.29, 0.717) is 12.3 Å². The SMILES string of the molecule is COc1ccc(S(=O)(=O)N(C)Cc2ccc(C)cc2)cc1C. The molecule has 0 unspecified atom stereocenters. The third kappa shape index (κ3) is 3.48. The monoisotopic (exact) mass is 319 g/mol. The molecule has 0 atom stereocenters. The number of hydrogen-bond donors (Lipinski definition) is 0. The predicted octanol–water partition coefficient (Wildman–Crippen LogP) is 3.13. The first-order valence-electron chi connectivity index (χ1n) is 7.01. The highest BCUT2D eigenvalue weighted by molar-refractivity contribution is 7.89. The van der Waals surface area contributed by atoms with Crippen LogP contribution in [0.25, 0.3) is 0 Å². The summed E-state index contributed by atoms with van der Waals surface area (Å²) in [6.07, 6.45) is 0. The van der Waals surface area contributed by atoms with Gasteiger partial charge >= 0.3 is 0 Å². The fourth-order valence-electron chi connectivity index (χ4n) is 2.23. The molecule has 0 aliphatic carbocycles. The first-order chi connectivity index (χ1) is 10.3. The topological polar surface area (TPSA) is 46.6 Å². The minimum Gasteiger partial charge on any atom is -0.496 e. The first-order valence-corrected chi connectivity index (χ1v) is 8.45. The predicted molar refractivity (Wildman–Crippen MR) is 87.6 cm³/mol. The number of sulfonamides is 1. The molecule has 0 aliphatic heterocycles. The summed E-state index contributed by atoms with van der Waals surface area (Å²) >= 11 is 0. The van der Waals surface area contributed by atoms with Gasteiger partial charge in [-0.15, -0.1) is 0 Å². The summed E-state index contributed by atoms with van der Waals surface area (Å²) in [5, 5.41) is 0. The molecule has 0 N–H and O–H groups in total. The molecule has 2 aromatic carbocycles. The molecule has 0 radical (unpaired) electrons. The Kier molecular flexibility index (Phi) is 4.88. The van der Waals surface area contributed by atoms with Crippen molar-refractivity contribution in [3.63, 3.8) is 0 Å². The fraction of sp³-hybridized carbons (Fsp3) is 0.294. The number of methoxy groups -OCH3 is 1. The van der Waals surface area contributed by atoms with E-state index < -0.39 is 10.0 Å². The van der Waals surface area contributed by atoms with Crippen LogP contribution in [0.1, 0.15) is 16.7 Å². The van der Waals surface area contributed by atoms with Crippen molar-refractivity contribution in [1.82, 2.24) is 4.31 Å². The van der Waals surface area contributed by atoms with Gasteiger partial charge in [0, 0.05) is 13.6 Å². The molecule has 0 saturated heterocycles. The summed E-state index contributed by atoms with van der Waals surface area (Å²) in [5.74, 6) is 0.681. The third-order valence-corrected chi connectivity index (χ3v) is 5.40. The first kappa shape index (κ1) is 16.5. The number of nitrogens with zero attached hydrogens (tertiary/aromatic N) is 1. The van der Waals surface area contributed by atoms with Gasteiger partial charge in [0.05, 0.1) is 12.0 Å². The van der Waals surface area contributed by atoms with Crippen molar-refractivity contribution in [1.29, 1.82) is 0 Å². The molecular formula is C17H21NO3S. The van der Waals surface area contributed by atoms with E-state index in [0.717, 1.165) is 16.7 Å². The lowest BCUT2D eigenvalue weighted by Crippen LogP contribution is -2.26. The average molecular weight is 319 g/mol. The minimum atomic E-state index is -3.52. The van der Waals surface area contributed by atoms with E-state index in [-0.39, 0.29) is 4.90 Å². The standard InChI is InChI=1S/C17H21NO3S/c1-13-5-7-15(8-6-13)12-18(3)22(19,20)16-9-10-17(21-4)14(2)11-16/h5-11H,12H2,1-4H3. The van der Waals surface area contributed by atoms with E-state index in [1.54, 1.807) is 32.4 Å². The van der Waals surface area contributed by atoms with E-state index >= 15 is 0 Å². The zero-order valence-corrected chi connectivity index (χ0v) is 14.1. The Hall–Kier alpha value is -1.85. The highest BCUT2D eigenvalue weighted by atomic mass is 32.2. The molecule has 0 amide bonds. The smallest absolute Gasteiger partial charge is 0.243 e. The molecule has 0 bridgehead atoms. The van der Waals surface area contributed by atoms with Gasteiger partial charge in [-0.3, -0.25) is 0 Å². The Balaban J connectivity index is 2.25. The van der Waals surface area contributed by atoms with Crippen LogP contribution in [0.15, 0.2) is 47.4 Å². The van der Waals surface area contributed by atoms with Crippen molar-refractivity contribution in [2.24, 2.45) is 0 Å². The molecule has 0 heterocycles. The summed E-state index contributed by atoms with van der Waals surface area (Å²) < 4.78 is 31.8. The van der Waals surface area contributed by atoms with Crippen molar-refractivity contribution in [3.8, 4) is 5.75 Å². The maximum atomic E-state index is 12.6. The second-order valence-corrected chi connectivity index (χ2v) is 7.42. The molecule has 0 aliphatic rings. The maximum Gasteiger partial charge on any atom is 0.243 e. The number of hydrogen-bond acceptors (Lipinski definition) is 3. The van der Waals surface area contributed by atoms with Crippen LogP contribution in [0, 0.1) is 13.8 Å². The summed E-state index contributed by atoms with van der Waals surface area (Å²) in [4.78, 5) is 0.278. The molecule has 118 valence electrons. The van der Waals surface area contributed by atoms with Crippen molar-refractivity contribution in [3.05, 3.63) is 59.2 Å². The van der Waals surface area contributed by atoms with Crippen LogP contribution in [-0.4, -0.2) is 26.9 Å². The van der Waals surface area contributed by atoms with Crippen LogP contribution in [0.2, 0.25) is 0 Å². The lowest BCUT2D eigenvalue weighted by Gasteiger charge is -2.18. The van der Waals surface area contributed by atoms with E-state index in [1.165, 1.54) is 4.31 Å². The molecular weight excluding hydrogens is 298 g/mol. The summed E-state index contributed by atoms with van der Waals surface area (Å²) in [5.41, 5.74) is 2.91. The van der Waals surface area contributed by atoms with Gasteiger partial charge < -0.3 is 4.74 Å². The largest absolute Gasteiger partial charge is 0.496 e. The van der Waals surface area contributed by atoms with Crippen LogP contribution < -0.4 is 4.74 Å². The lowest BCUT2D eigenvalue weighted by atomic mass is 10.1. The normalized spacial score (nSPS) is 11.7. The number of aryl methyl sites for hydroxylation is 2. The molecule has 4 nitrogen and oxygen atoms in total. The van der Waals surface area contributed by atoms with Crippen LogP contribution in [0.5, 0.6) is 5.75 Å². The molecule has 2 rings (SSSR count). The maximum absolute atomic E-state index is 12.6. The molecule has 22 heavy (non-hydrogen) atoms. The molecule has 5 heteroatoms. The van der Waals surface area contributed by atoms with Gasteiger partial charge in [0.1, 0.15) is 5.75 Å². The summed E-state index contributed by atoms with van der Waals surface area (Å²) in [6, 6.07) is 12.7. The van der Waals surface area contributed by atoms with Gasteiger partial charge in [-0.25, -0.2) is 8.42 Å². The number of benzene rings is 2. The van der Waals surface area contributed by atoms with Gasteiger partial charge in [0.25, 0.3) is 0 Å². The van der Waals surface area contributed by atoms with Crippen LogP contribution in [-0.2, 0) is 16.6 Å². The van der Waals surface area contributed by atoms with Crippen LogP contribution >= 0.6 is 0 Å². The summed E-state index contributed by atoms with van der Waals surface area (Å²) in [6.45, 7) is 4.18. The van der Waals surface area contributed by atoms with Crippen LogP contribution in [0.4, 0.5) is 0 Å². The van der Waals surface area contributed by atoms with E-state index in [4.69, 9.17) is 4.74 Å². The average Bonchev–Trinajstić information content (AvgIpc) is 2.49. The van der Waals surface area contributed by atoms with Crippen molar-refractivity contribution < 1.29 is 13.2 Å². The Labute approximate surface area is 132 Å². The fourth-order valence-corrected chi connectivity index (χ4v) is 3.47. The van der Waals surface area contributed by atoms with Gasteiger partial charge in [0.15, 0.2) is 0 Å². The van der Waals surface area contributed by atoms with Gasteiger partial charge in [-0.05, 0) is 43.2 Å². The van der Waals surface area contributed by atoms with Gasteiger partial charge in [0.2, 0.25) is 10.0 Å². The zero-order valence-electron chi connectivity index (χ0n) is 13.3. The van der Waals surface area contributed by atoms with E-state index in [9.17, 15) is 8.42 Å². The highest BCUT2D eigenvalue weighted by Crippen LogP contribution is 2.24. The Morgan fingerprint density at radius 1 is 1.05 bits per heavy atom. The Morgan fingerprint density at radius 3 is 2.23 bits per heavy atom. The third-order valence-electron chi connectivity index (χ3n) is 3.60.